The molecule has 0 amide bonds. The summed E-state index contributed by atoms with van der Waals surface area (Å²) in [5.41, 5.74) is 0.896. The molecule has 2 heteroatoms. The largest absolute Gasteiger partial charge is 0.274 e. The Kier molecular flexibility index (Phi) is 13.7. The van der Waals surface area contributed by atoms with Crippen molar-refractivity contribution >= 4 is 12.1 Å². The van der Waals surface area contributed by atoms with Crippen LogP contribution in [0.25, 0.3) is 0 Å². The fourth-order valence-corrected chi connectivity index (χ4v) is 0.266. The number of allylic oxidation sites excluding steroid dienone is 1. The van der Waals surface area contributed by atoms with Crippen molar-refractivity contribution in [2.45, 2.75) is 27.7 Å². The second-order valence-corrected chi connectivity index (χ2v) is 1.59. The van der Waals surface area contributed by atoms with Gasteiger partial charge < -0.3 is 0 Å². The van der Waals surface area contributed by atoms with Crippen LogP contribution in [-0.4, -0.2) is 18.6 Å². The van der Waals surface area contributed by atoms with E-state index in [-0.39, 0.29) is 0 Å². The molecule has 0 bridgehead atoms. The molecule has 0 aromatic rings. The SMILES string of the molecule is C=CC(C)=NC=NCC.CC. The van der Waals surface area contributed by atoms with Gasteiger partial charge in [0.2, 0.25) is 0 Å². The monoisotopic (exact) mass is 154 g/mol. The molecule has 0 saturated heterocycles. The highest BCUT2D eigenvalue weighted by atomic mass is 14.8. The van der Waals surface area contributed by atoms with E-state index in [2.05, 4.69) is 16.6 Å². The third kappa shape index (κ3) is 12.3. The van der Waals surface area contributed by atoms with Crippen LogP contribution < -0.4 is 0 Å². The molecule has 0 radical (unpaired) electrons. The van der Waals surface area contributed by atoms with Crippen molar-refractivity contribution in [3.8, 4) is 0 Å². The molecule has 0 rings (SSSR count). The third-order valence-corrected chi connectivity index (χ3v) is 0.821. The molecule has 0 saturated carbocycles. The molecule has 0 aliphatic carbocycles. The van der Waals surface area contributed by atoms with Gasteiger partial charge in [0, 0.05) is 12.3 Å². The lowest BCUT2D eigenvalue weighted by atomic mass is 10.4. The van der Waals surface area contributed by atoms with Gasteiger partial charge in [-0.3, -0.25) is 4.99 Å². The Bertz CT molecular complexity index is 134. The van der Waals surface area contributed by atoms with Gasteiger partial charge in [-0.1, -0.05) is 20.4 Å². The minimum absolute atomic E-state index is 0.786. The number of aliphatic imine (C=N–C) groups is 2. The van der Waals surface area contributed by atoms with Crippen LogP contribution in [-0.2, 0) is 0 Å². The highest BCUT2D eigenvalue weighted by Crippen LogP contribution is 1.74. The highest BCUT2D eigenvalue weighted by molar-refractivity contribution is 5.96. The molecule has 0 N–H and O–H groups in total. The summed E-state index contributed by atoms with van der Waals surface area (Å²) in [6.07, 6.45) is 3.25. The van der Waals surface area contributed by atoms with Crippen LogP contribution in [0.4, 0.5) is 0 Å². The molecule has 0 unspecified atom stereocenters. The predicted octanol–water partition coefficient (Wildman–Crippen LogP) is 2.71. The van der Waals surface area contributed by atoms with E-state index in [9.17, 15) is 0 Å². The standard InChI is InChI=1S/C7H12N2.C2H6/c1-4-7(3)9-6-8-5-2;1-2/h4,6H,1,5H2,2-3H3;1-2H3. The smallest absolute Gasteiger partial charge is 0.110 e. The van der Waals surface area contributed by atoms with Gasteiger partial charge in [-0.05, 0) is 19.9 Å². The summed E-state index contributed by atoms with van der Waals surface area (Å²) in [7, 11) is 0. The van der Waals surface area contributed by atoms with Crippen molar-refractivity contribution in [1.29, 1.82) is 0 Å². The maximum Gasteiger partial charge on any atom is 0.110 e. The normalized spacial score (nSPS) is 10.7. The van der Waals surface area contributed by atoms with Gasteiger partial charge in [0.05, 0.1) is 0 Å². The number of rotatable bonds is 3. The Morgan fingerprint density at radius 2 is 2.00 bits per heavy atom. The first-order valence-corrected chi connectivity index (χ1v) is 3.96. The van der Waals surface area contributed by atoms with Crippen molar-refractivity contribution < 1.29 is 0 Å². The first-order valence-electron chi connectivity index (χ1n) is 3.96. The fraction of sp³-hybridized carbons (Fsp3) is 0.556. The van der Waals surface area contributed by atoms with E-state index in [1.165, 1.54) is 0 Å². The van der Waals surface area contributed by atoms with Crippen molar-refractivity contribution in [1.82, 2.24) is 0 Å². The molecule has 0 heterocycles. The molecule has 0 spiro atoms. The first-order chi connectivity index (χ1) is 5.31. The zero-order valence-corrected chi connectivity index (χ0v) is 7.96. The fourth-order valence-electron chi connectivity index (χ4n) is 0.266. The van der Waals surface area contributed by atoms with E-state index in [1.54, 1.807) is 12.4 Å². The Hall–Kier alpha value is -0.920. The summed E-state index contributed by atoms with van der Waals surface area (Å²) in [6.45, 7) is 12.2. The number of hydrogen-bond donors (Lipinski definition) is 0. The maximum atomic E-state index is 3.94. The summed E-state index contributed by atoms with van der Waals surface area (Å²) >= 11 is 0. The average Bonchev–Trinajstić information content (AvgIpc) is 2.08. The lowest BCUT2D eigenvalue weighted by molar-refractivity contribution is 1.13. The van der Waals surface area contributed by atoms with Gasteiger partial charge in [0.25, 0.3) is 0 Å². The van der Waals surface area contributed by atoms with Crippen LogP contribution in [0.3, 0.4) is 0 Å². The molecular formula is C9H18N2. The maximum absolute atomic E-state index is 3.94. The molecule has 0 aliphatic rings. The summed E-state index contributed by atoms with van der Waals surface area (Å²) in [5, 5.41) is 0. The second-order valence-electron chi connectivity index (χ2n) is 1.59. The van der Waals surface area contributed by atoms with Gasteiger partial charge in [-0.15, -0.1) is 0 Å². The van der Waals surface area contributed by atoms with Gasteiger partial charge in [-0.2, -0.15) is 0 Å². The zero-order chi connectivity index (χ0) is 9.11. The van der Waals surface area contributed by atoms with Gasteiger partial charge >= 0.3 is 0 Å². The number of hydrogen-bond acceptors (Lipinski definition) is 1. The minimum Gasteiger partial charge on any atom is -0.274 e. The van der Waals surface area contributed by atoms with E-state index in [1.807, 2.05) is 27.7 Å². The Labute approximate surface area is 69.8 Å². The summed E-state index contributed by atoms with van der Waals surface area (Å²) in [4.78, 5) is 7.84. The summed E-state index contributed by atoms with van der Waals surface area (Å²) in [5.74, 6) is 0. The average molecular weight is 154 g/mol. The zero-order valence-electron chi connectivity index (χ0n) is 7.96. The Morgan fingerprint density at radius 1 is 1.45 bits per heavy atom. The van der Waals surface area contributed by atoms with Crippen molar-refractivity contribution in [3.05, 3.63) is 12.7 Å². The second kappa shape index (κ2) is 11.8. The summed E-state index contributed by atoms with van der Waals surface area (Å²) < 4.78 is 0. The summed E-state index contributed by atoms with van der Waals surface area (Å²) in [6, 6.07) is 0. The molecule has 64 valence electrons. The van der Waals surface area contributed by atoms with E-state index < -0.39 is 0 Å². The van der Waals surface area contributed by atoms with E-state index in [0.29, 0.717) is 0 Å². The van der Waals surface area contributed by atoms with Crippen molar-refractivity contribution in [2.24, 2.45) is 9.98 Å². The van der Waals surface area contributed by atoms with Crippen LogP contribution in [0.2, 0.25) is 0 Å². The first kappa shape index (κ1) is 12.7. The lowest BCUT2D eigenvalue weighted by Crippen LogP contribution is -1.82. The van der Waals surface area contributed by atoms with Crippen molar-refractivity contribution in [2.75, 3.05) is 6.54 Å². The molecule has 2 nitrogen and oxygen atoms in total. The van der Waals surface area contributed by atoms with Crippen LogP contribution in [0.15, 0.2) is 22.6 Å². The molecule has 0 aromatic carbocycles. The van der Waals surface area contributed by atoms with Crippen LogP contribution >= 0.6 is 0 Å². The van der Waals surface area contributed by atoms with Gasteiger partial charge in [0.15, 0.2) is 0 Å². The molecule has 0 aromatic heterocycles. The number of nitrogens with zero attached hydrogens (tertiary/aromatic N) is 2. The minimum atomic E-state index is 0.786. The molecule has 11 heavy (non-hydrogen) atoms. The molecule has 0 fully saturated rings. The molecule has 0 aliphatic heterocycles. The van der Waals surface area contributed by atoms with Gasteiger partial charge in [-0.25, -0.2) is 4.99 Å². The topological polar surface area (TPSA) is 24.7 Å². The van der Waals surface area contributed by atoms with Crippen LogP contribution in [0.5, 0.6) is 0 Å². The van der Waals surface area contributed by atoms with E-state index in [4.69, 9.17) is 0 Å². The van der Waals surface area contributed by atoms with Crippen molar-refractivity contribution in [3.63, 3.8) is 0 Å². The highest BCUT2D eigenvalue weighted by Gasteiger charge is 1.73. The predicted molar refractivity (Wildman–Crippen MR) is 53.7 cm³/mol. The Morgan fingerprint density at radius 3 is 2.36 bits per heavy atom. The van der Waals surface area contributed by atoms with E-state index >= 15 is 0 Å². The lowest BCUT2D eigenvalue weighted by Gasteiger charge is -1.82. The quantitative estimate of drug-likeness (QED) is 0.441. The van der Waals surface area contributed by atoms with E-state index in [0.717, 1.165) is 12.3 Å². The molecule has 0 atom stereocenters. The van der Waals surface area contributed by atoms with Crippen LogP contribution in [0, 0.1) is 0 Å². The third-order valence-electron chi connectivity index (χ3n) is 0.821. The molecular weight excluding hydrogens is 136 g/mol. The van der Waals surface area contributed by atoms with Gasteiger partial charge in [0.1, 0.15) is 6.34 Å². The van der Waals surface area contributed by atoms with Crippen LogP contribution in [0.1, 0.15) is 27.7 Å². The Balaban J connectivity index is 0.